The lowest BCUT2D eigenvalue weighted by Gasteiger charge is -2.42. The summed E-state index contributed by atoms with van der Waals surface area (Å²) in [6.45, 7) is 6.93. The number of anilines is 3. The number of fused-ring (bicyclic) bond motifs is 2. The van der Waals surface area contributed by atoms with E-state index in [2.05, 4.69) is 34.7 Å². The fourth-order valence-electron chi connectivity index (χ4n) is 8.64. The number of halogens is 2. The van der Waals surface area contributed by atoms with Gasteiger partial charge in [0.15, 0.2) is 17.3 Å². The number of aryl methyl sites for hydroxylation is 2. The van der Waals surface area contributed by atoms with E-state index in [1.807, 2.05) is 11.0 Å². The Labute approximate surface area is 300 Å². The normalized spacial score (nSPS) is 18.9. The molecule has 13 nitrogen and oxygen atoms in total. The molecule has 2 fully saturated rings. The number of carbonyl (C=O) groups is 2. The number of piperidine rings is 2. The van der Waals surface area contributed by atoms with Gasteiger partial charge in [-0.25, -0.2) is 13.6 Å². The van der Waals surface area contributed by atoms with Crippen molar-refractivity contribution in [1.29, 1.82) is 0 Å². The number of carboxylic acids is 1. The van der Waals surface area contributed by atoms with Crippen molar-refractivity contribution in [2.75, 3.05) is 49.1 Å². The van der Waals surface area contributed by atoms with Gasteiger partial charge < -0.3 is 24.7 Å². The monoisotopic (exact) mass is 714 g/mol. The minimum atomic E-state index is -2.65. The van der Waals surface area contributed by atoms with Gasteiger partial charge in [-0.2, -0.15) is 10.2 Å². The number of nitrogens with zero attached hydrogens (tertiary/aromatic N) is 10. The standard InChI is InChI=1S/C37H44F2N10O3/c1-23(50)47-17-11-32-30(22-47)36(48-12-3-4-24-18-28(25-20-40-44(2)21-25)29(35(38)39)19-33(24)48)43-49(32)27-9-13-45(14-10-27)26-7-15-46(16-8-26)34-6-5-31(37(51)52)41-42-34/h5-6,18-21,26-27,35H,3-4,7-17,22H2,1-2H3,(H,51,52). The lowest BCUT2D eigenvalue weighted by Crippen LogP contribution is -2.48. The van der Waals surface area contributed by atoms with Gasteiger partial charge in [-0.15, -0.1) is 10.2 Å². The highest BCUT2D eigenvalue weighted by Gasteiger charge is 2.36. The van der Waals surface area contributed by atoms with E-state index >= 15 is 0 Å². The number of carbonyl (C=O) groups excluding carboxylic acids is 1. The Hall–Kier alpha value is -4.92. The lowest BCUT2D eigenvalue weighted by molar-refractivity contribution is -0.129. The minimum Gasteiger partial charge on any atom is -0.476 e. The van der Waals surface area contributed by atoms with Crippen LogP contribution in [0.4, 0.5) is 26.1 Å². The molecule has 0 saturated carbocycles. The molecule has 4 aliphatic heterocycles. The van der Waals surface area contributed by atoms with Crippen LogP contribution in [-0.4, -0.2) is 102 Å². The van der Waals surface area contributed by atoms with Gasteiger partial charge in [0, 0.05) is 100.0 Å². The number of hydrogen-bond acceptors (Lipinski definition) is 9. The van der Waals surface area contributed by atoms with E-state index < -0.39 is 12.4 Å². The van der Waals surface area contributed by atoms with E-state index in [0.717, 1.165) is 93.0 Å². The molecule has 2 saturated heterocycles. The maximum absolute atomic E-state index is 14.6. The Kier molecular flexibility index (Phi) is 9.14. The molecule has 8 rings (SSSR count). The summed E-state index contributed by atoms with van der Waals surface area (Å²) < 4.78 is 33.1. The predicted molar refractivity (Wildman–Crippen MR) is 190 cm³/mol. The number of alkyl halides is 2. The summed E-state index contributed by atoms with van der Waals surface area (Å²) in [4.78, 5) is 32.5. The van der Waals surface area contributed by atoms with Gasteiger partial charge in [0.25, 0.3) is 6.43 Å². The molecule has 1 aromatic carbocycles. The Balaban J connectivity index is 1.02. The molecule has 0 spiro atoms. The highest BCUT2D eigenvalue weighted by molar-refractivity contribution is 5.85. The summed E-state index contributed by atoms with van der Waals surface area (Å²) in [5, 5.41) is 26.7. The van der Waals surface area contributed by atoms with Crippen molar-refractivity contribution in [2.24, 2.45) is 7.05 Å². The number of amides is 1. The van der Waals surface area contributed by atoms with E-state index in [0.29, 0.717) is 49.0 Å². The van der Waals surface area contributed by atoms with Crippen molar-refractivity contribution in [2.45, 2.75) is 76.9 Å². The van der Waals surface area contributed by atoms with Crippen LogP contribution in [0.1, 0.15) is 84.4 Å². The van der Waals surface area contributed by atoms with Crippen molar-refractivity contribution < 1.29 is 23.5 Å². The number of benzene rings is 1. The highest BCUT2D eigenvalue weighted by Crippen LogP contribution is 2.44. The molecule has 0 bridgehead atoms. The third kappa shape index (κ3) is 6.39. The van der Waals surface area contributed by atoms with E-state index in [4.69, 9.17) is 10.2 Å². The summed E-state index contributed by atoms with van der Waals surface area (Å²) >= 11 is 0. The molecule has 1 amide bonds. The zero-order valence-electron chi connectivity index (χ0n) is 29.6. The lowest BCUT2D eigenvalue weighted by atomic mass is 9.92. The molecule has 52 heavy (non-hydrogen) atoms. The largest absolute Gasteiger partial charge is 0.476 e. The van der Waals surface area contributed by atoms with E-state index in [1.54, 1.807) is 43.2 Å². The smallest absolute Gasteiger partial charge is 0.356 e. The zero-order valence-corrected chi connectivity index (χ0v) is 29.6. The van der Waals surface area contributed by atoms with Crippen molar-refractivity contribution in [3.63, 3.8) is 0 Å². The van der Waals surface area contributed by atoms with Crippen LogP contribution in [0.5, 0.6) is 0 Å². The van der Waals surface area contributed by atoms with Crippen LogP contribution in [0, 0.1) is 0 Å². The van der Waals surface area contributed by atoms with Crippen LogP contribution in [0.2, 0.25) is 0 Å². The second-order valence-corrected chi connectivity index (χ2v) is 14.5. The minimum absolute atomic E-state index is 0.0143. The fourth-order valence-corrected chi connectivity index (χ4v) is 8.64. The summed E-state index contributed by atoms with van der Waals surface area (Å²) in [6.07, 6.45) is 7.00. The van der Waals surface area contributed by atoms with E-state index in [-0.39, 0.29) is 23.2 Å². The molecular formula is C37H44F2N10O3. The van der Waals surface area contributed by atoms with Gasteiger partial charge in [-0.05, 0) is 73.9 Å². The number of aromatic carboxylic acids is 1. The Morgan fingerprint density at radius 3 is 2.37 bits per heavy atom. The maximum atomic E-state index is 14.6. The van der Waals surface area contributed by atoms with Gasteiger partial charge in [0.05, 0.1) is 18.8 Å². The number of carboxylic acid groups (broad SMARTS) is 1. The first kappa shape index (κ1) is 34.2. The molecule has 0 radical (unpaired) electrons. The molecule has 1 N–H and O–H groups in total. The van der Waals surface area contributed by atoms with Gasteiger partial charge in [0.1, 0.15) is 0 Å². The third-order valence-corrected chi connectivity index (χ3v) is 11.4. The van der Waals surface area contributed by atoms with Crippen LogP contribution < -0.4 is 9.80 Å². The first-order valence-electron chi connectivity index (χ1n) is 18.3. The summed E-state index contributed by atoms with van der Waals surface area (Å²) in [5.74, 6) is 0.432. The summed E-state index contributed by atoms with van der Waals surface area (Å²) in [7, 11) is 1.78. The molecule has 274 valence electrons. The molecule has 7 heterocycles. The van der Waals surface area contributed by atoms with Crippen LogP contribution >= 0.6 is 0 Å². The second kappa shape index (κ2) is 13.9. The third-order valence-electron chi connectivity index (χ3n) is 11.4. The van der Waals surface area contributed by atoms with Crippen molar-refractivity contribution in [3.05, 3.63) is 64.7 Å². The zero-order chi connectivity index (χ0) is 36.1. The average molecular weight is 715 g/mol. The molecule has 3 aromatic heterocycles. The summed E-state index contributed by atoms with van der Waals surface area (Å²) in [5.41, 5.74) is 5.09. The average Bonchev–Trinajstić information content (AvgIpc) is 3.77. The predicted octanol–water partition coefficient (Wildman–Crippen LogP) is 5.00. The second-order valence-electron chi connectivity index (χ2n) is 14.5. The topological polar surface area (TPSA) is 129 Å². The Bertz CT molecular complexity index is 1960. The van der Waals surface area contributed by atoms with Crippen LogP contribution in [0.25, 0.3) is 11.1 Å². The van der Waals surface area contributed by atoms with Gasteiger partial charge >= 0.3 is 5.97 Å². The Morgan fingerprint density at radius 2 is 1.71 bits per heavy atom. The van der Waals surface area contributed by atoms with Crippen molar-refractivity contribution >= 4 is 29.2 Å². The fraction of sp³-hybridized carbons (Fsp3) is 0.514. The number of hydrogen-bond donors (Lipinski definition) is 1. The molecule has 0 aliphatic carbocycles. The van der Waals surface area contributed by atoms with E-state index in [9.17, 15) is 18.4 Å². The SMILES string of the molecule is CC(=O)N1CCc2c(c(N3CCCc4cc(-c5cnn(C)c5)c(C(F)F)cc43)nn2C2CCN(C3CCN(c4ccc(C(=O)O)nn4)CC3)CC2)C1. The van der Waals surface area contributed by atoms with Gasteiger partial charge in [-0.3, -0.25) is 14.2 Å². The van der Waals surface area contributed by atoms with Crippen molar-refractivity contribution in [3.8, 4) is 11.1 Å². The number of likely N-dealkylation sites (tertiary alicyclic amines) is 1. The molecular weight excluding hydrogens is 670 g/mol. The quantitative estimate of drug-likeness (QED) is 0.279. The van der Waals surface area contributed by atoms with Crippen molar-refractivity contribution in [1.82, 2.24) is 39.6 Å². The van der Waals surface area contributed by atoms with Crippen LogP contribution in [-0.2, 0) is 31.2 Å². The van der Waals surface area contributed by atoms with Crippen LogP contribution in [0.15, 0.2) is 36.7 Å². The van der Waals surface area contributed by atoms with E-state index in [1.165, 1.54) is 6.07 Å². The molecule has 0 atom stereocenters. The van der Waals surface area contributed by atoms with Gasteiger partial charge in [-0.1, -0.05) is 0 Å². The molecule has 4 aromatic rings. The first-order valence-corrected chi connectivity index (χ1v) is 18.3. The molecule has 15 heteroatoms. The first-order chi connectivity index (χ1) is 25.1. The molecule has 0 unspecified atom stereocenters. The number of aromatic nitrogens is 6. The Morgan fingerprint density at radius 1 is 0.942 bits per heavy atom. The van der Waals surface area contributed by atoms with Crippen LogP contribution in [0.3, 0.4) is 0 Å². The highest BCUT2D eigenvalue weighted by atomic mass is 19.3. The summed E-state index contributed by atoms with van der Waals surface area (Å²) in [6, 6.07) is 7.47. The van der Waals surface area contributed by atoms with Gasteiger partial charge in [0.2, 0.25) is 5.91 Å². The molecule has 4 aliphatic rings. The maximum Gasteiger partial charge on any atom is 0.356 e. The number of rotatable bonds is 7.